The third-order valence-corrected chi connectivity index (χ3v) is 1.85. The number of hydrogen-bond acceptors (Lipinski definition) is 3. The van der Waals surface area contributed by atoms with E-state index in [0.29, 0.717) is 13.2 Å². The second-order valence-corrected chi connectivity index (χ2v) is 3.23. The van der Waals surface area contributed by atoms with Crippen LogP contribution in [0.1, 0.15) is 26.2 Å². The largest absolute Gasteiger partial charge is 0.381 e. The van der Waals surface area contributed by atoms with Crippen molar-refractivity contribution in [1.29, 1.82) is 0 Å². The Morgan fingerprint density at radius 3 is 2.62 bits per heavy atom. The zero-order valence-electron chi connectivity index (χ0n) is 8.29. The molecular formula is C9H20N2O2. The lowest BCUT2D eigenvalue weighted by atomic mass is 10.2. The molecule has 0 saturated heterocycles. The lowest BCUT2D eigenvalue weighted by Gasteiger charge is -2.07. The Balaban J connectivity index is 3.11. The second kappa shape index (κ2) is 8.01. The summed E-state index contributed by atoms with van der Waals surface area (Å²) < 4.78 is 5.26. The topological polar surface area (TPSA) is 78.3 Å². The molecule has 13 heavy (non-hydrogen) atoms. The van der Waals surface area contributed by atoms with Gasteiger partial charge in [-0.15, -0.1) is 0 Å². The summed E-state index contributed by atoms with van der Waals surface area (Å²) in [6, 6.07) is 0. The van der Waals surface area contributed by atoms with Gasteiger partial charge in [-0.2, -0.15) is 0 Å². The number of carbonyl (C=O) groups is 1. The quantitative estimate of drug-likeness (QED) is 0.536. The van der Waals surface area contributed by atoms with Gasteiger partial charge in [-0.3, -0.25) is 4.79 Å². The van der Waals surface area contributed by atoms with Crippen LogP contribution in [0, 0.1) is 5.92 Å². The molecule has 0 spiro atoms. The van der Waals surface area contributed by atoms with Gasteiger partial charge >= 0.3 is 0 Å². The van der Waals surface area contributed by atoms with E-state index in [0.717, 1.165) is 25.8 Å². The normalized spacial score (nSPS) is 12.8. The minimum absolute atomic E-state index is 0.186. The minimum Gasteiger partial charge on any atom is -0.381 e. The van der Waals surface area contributed by atoms with Crippen molar-refractivity contribution in [2.45, 2.75) is 26.2 Å². The number of nitrogens with two attached hydrogens (primary N) is 2. The molecule has 0 bridgehead atoms. The molecule has 1 unspecified atom stereocenters. The first-order chi connectivity index (χ1) is 6.18. The number of primary amides is 1. The fraction of sp³-hybridized carbons (Fsp3) is 0.889. The summed E-state index contributed by atoms with van der Waals surface area (Å²) in [4.78, 5) is 10.6. The van der Waals surface area contributed by atoms with Crippen LogP contribution in [0.3, 0.4) is 0 Å². The summed E-state index contributed by atoms with van der Waals surface area (Å²) in [5.41, 5.74) is 10.4. The van der Waals surface area contributed by atoms with Crippen molar-refractivity contribution in [2.24, 2.45) is 17.4 Å². The molecule has 0 saturated carbocycles. The molecule has 0 aromatic rings. The van der Waals surface area contributed by atoms with E-state index in [-0.39, 0.29) is 11.8 Å². The Labute approximate surface area is 79.6 Å². The van der Waals surface area contributed by atoms with Gasteiger partial charge in [0, 0.05) is 6.61 Å². The van der Waals surface area contributed by atoms with Gasteiger partial charge in [0.2, 0.25) is 5.91 Å². The fourth-order valence-electron chi connectivity index (χ4n) is 0.867. The van der Waals surface area contributed by atoms with Crippen molar-refractivity contribution in [3.05, 3.63) is 0 Å². The van der Waals surface area contributed by atoms with Gasteiger partial charge in [0.05, 0.1) is 12.5 Å². The van der Waals surface area contributed by atoms with Crippen molar-refractivity contribution in [1.82, 2.24) is 0 Å². The van der Waals surface area contributed by atoms with Crippen LogP contribution in [0.15, 0.2) is 0 Å². The summed E-state index contributed by atoms with van der Waals surface area (Å²) in [5.74, 6) is -0.489. The highest BCUT2D eigenvalue weighted by Gasteiger charge is 2.07. The number of ether oxygens (including phenoxy) is 1. The maximum Gasteiger partial charge on any atom is 0.222 e. The first-order valence-corrected chi connectivity index (χ1v) is 4.75. The number of rotatable bonds is 8. The highest BCUT2D eigenvalue weighted by Crippen LogP contribution is 1.98. The van der Waals surface area contributed by atoms with Crippen LogP contribution in [0.25, 0.3) is 0 Å². The molecule has 0 rings (SSSR count). The van der Waals surface area contributed by atoms with E-state index >= 15 is 0 Å². The highest BCUT2D eigenvalue weighted by molar-refractivity contribution is 5.76. The predicted molar refractivity (Wildman–Crippen MR) is 52.1 cm³/mol. The third-order valence-electron chi connectivity index (χ3n) is 1.85. The lowest BCUT2D eigenvalue weighted by molar-refractivity contribution is -0.123. The van der Waals surface area contributed by atoms with Crippen LogP contribution < -0.4 is 11.5 Å². The Morgan fingerprint density at radius 2 is 2.08 bits per heavy atom. The summed E-state index contributed by atoms with van der Waals surface area (Å²) in [7, 11) is 0. The molecule has 1 amide bonds. The monoisotopic (exact) mass is 188 g/mol. The molecule has 0 aliphatic heterocycles. The maximum absolute atomic E-state index is 10.6. The Kier molecular flexibility index (Phi) is 7.63. The van der Waals surface area contributed by atoms with Crippen molar-refractivity contribution in [2.75, 3.05) is 19.8 Å². The van der Waals surface area contributed by atoms with Crippen molar-refractivity contribution in [3.8, 4) is 0 Å². The average Bonchev–Trinajstić information content (AvgIpc) is 2.10. The molecule has 0 heterocycles. The zero-order chi connectivity index (χ0) is 10.1. The van der Waals surface area contributed by atoms with E-state index in [2.05, 4.69) is 0 Å². The lowest BCUT2D eigenvalue weighted by Crippen LogP contribution is -2.24. The smallest absolute Gasteiger partial charge is 0.222 e. The summed E-state index contributed by atoms with van der Waals surface area (Å²) in [5, 5.41) is 0. The van der Waals surface area contributed by atoms with Gasteiger partial charge in [-0.25, -0.2) is 0 Å². The Morgan fingerprint density at radius 1 is 1.38 bits per heavy atom. The van der Waals surface area contributed by atoms with Gasteiger partial charge in [-0.1, -0.05) is 6.92 Å². The van der Waals surface area contributed by atoms with E-state index in [1.165, 1.54) is 0 Å². The molecule has 4 nitrogen and oxygen atoms in total. The molecule has 1 atom stereocenters. The molecule has 4 N–H and O–H groups in total. The first-order valence-electron chi connectivity index (χ1n) is 4.75. The highest BCUT2D eigenvalue weighted by atomic mass is 16.5. The standard InChI is InChI=1S/C9H20N2O2/c1-8(9(11)12)7-13-6-4-2-3-5-10/h8H,2-7,10H2,1H3,(H2,11,12). The van der Waals surface area contributed by atoms with Crippen LogP contribution >= 0.6 is 0 Å². The van der Waals surface area contributed by atoms with Gasteiger partial charge < -0.3 is 16.2 Å². The summed E-state index contributed by atoms with van der Waals surface area (Å²) in [6.45, 7) is 3.62. The third kappa shape index (κ3) is 7.74. The van der Waals surface area contributed by atoms with Crippen molar-refractivity contribution in [3.63, 3.8) is 0 Å². The molecule has 0 fully saturated rings. The van der Waals surface area contributed by atoms with Crippen molar-refractivity contribution >= 4 is 5.91 Å². The molecule has 0 aliphatic rings. The van der Waals surface area contributed by atoms with Gasteiger partial charge in [0.25, 0.3) is 0 Å². The SMILES string of the molecule is CC(COCCCCCN)C(N)=O. The number of carbonyl (C=O) groups excluding carboxylic acids is 1. The Hall–Kier alpha value is -0.610. The van der Waals surface area contributed by atoms with E-state index < -0.39 is 0 Å². The first kappa shape index (κ1) is 12.4. The molecule has 78 valence electrons. The van der Waals surface area contributed by atoms with Gasteiger partial charge in [-0.05, 0) is 25.8 Å². The van der Waals surface area contributed by atoms with Crippen LogP contribution in [0.2, 0.25) is 0 Å². The molecular weight excluding hydrogens is 168 g/mol. The van der Waals surface area contributed by atoms with E-state index in [1.807, 2.05) is 0 Å². The van der Waals surface area contributed by atoms with E-state index in [4.69, 9.17) is 16.2 Å². The summed E-state index contributed by atoms with van der Waals surface area (Å²) in [6.07, 6.45) is 3.12. The molecule has 0 aromatic carbocycles. The van der Waals surface area contributed by atoms with Crippen LogP contribution in [-0.4, -0.2) is 25.7 Å². The molecule has 0 radical (unpaired) electrons. The van der Waals surface area contributed by atoms with Crippen molar-refractivity contribution < 1.29 is 9.53 Å². The summed E-state index contributed by atoms with van der Waals surface area (Å²) >= 11 is 0. The minimum atomic E-state index is -0.304. The predicted octanol–water partition coefficient (Wildman–Crippen LogP) is 0.253. The number of unbranched alkanes of at least 4 members (excludes halogenated alkanes) is 2. The molecule has 0 aliphatic carbocycles. The molecule has 0 aromatic heterocycles. The molecule has 4 heteroatoms. The number of hydrogen-bond donors (Lipinski definition) is 2. The van der Waals surface area contributed by atoms with Gasteiger partial charge in [0.1, 0.15) is 0 Å². The van der Waals surface area contributed by atoms with Crippen LogP contribution in [0.5, 0.6) is 0 Å². The Bertz CT molecular complexity index is 140. The number of amides is 1. The zero-order valence-corrected chi connectivity index (χ0v) is 8.29. The van der Waals surface area contributed by atoms with E-state index in [1.54, 1.807) is 6.92 Å². The fourth-order valence-corrected chi connectivity index (χ4v) is 0.867. The average molecular weight is 188 g/mol. The van der Waals surface area contributed by atoms with Gasteiger partial charge in [0.15, 0.2) is 0 Å². The van der Waals surface area contributed by atoms with E-state index in [9.17, 15) is 4.79 Å². The maximum atomic E-state index is 10.6. The second-order valence-electron chi connectivity index (χ2n) is 3.23. The van der Waals surface area contributed by atoms with Crippen LogP contribution in [-0.2, 0) is 9.53 Å². The van der Waals surface area contributed by atoms with Crippen LogP contribution in [0.4, 0.5) is 0 Å².